The first-order valence-corrected chi connectivity index (χ1v) is 3.45. The van der Waals surface area contributed by atoms with Crippen molar-refractivity contribution in [3.63, 3.8) is 0 Å². The molecule has 0 amide bonds. The number of hydrogen-bond donors (Lipinski definition) is 2. The van der Waals surface area contributed by atoms with Crippen molar-refractivity contribution in [2.75, 3.05) is 7.05 Å². The van der Waals surface area contributed by atoms with Crippen LogP contribution in [-0.2, 0) is 9.31 Å². The Morgan fingerprint density at radius 2 is 1.67 bits per heavy atom. The van der Waals surface area contributed by atoms with E-state index in [0.29, 0.717) is 0 Å². The summed E-state index contributed by atoms with van der Waals surface area (Å²) in [7, 11) is 0.918. The Balaban J connectivity index is 2.77. The lowest BCUT2D eigenvalue weighted by Gasteiger charge is -2.17. The topological polar surface area (TPSA) is 62.2 Å². The van der Waals surface area contributed by atoms with E-state index in [1.165, 1.54) is 17.3 Å². The van der Waals surface area contributed by atoms with E-state index in [1.807, 2.05) is 0 Å². The van der Waals surface area contributed by atoms with Gasteiger partial charge in [-0.05, 0) is 6.82 Å². The third-order valence-corrected chi connectivity index (χ3v) is 1.20. The van der Waals surface area contributed by atoms with Crippen molar-refractivity contribution in [2.45, 2.75) is 6.82 Å². The Morgan fingerprint density at radius 1 is 1.25 bits per heavy atom. The Kier molecular flexibility index (Phi) is 2.37. The van der Waals surface area contributed by atoms with Crippen LogP contribution in [0.1, 0.15) is 0 Å². The standard InChI is InChI=1S/C6H10BNO4/c1-7-11-5(9)3-8(2)4-6(10)12-7/h3-4,9-10H,1-2H3. The maximum atomic E-state index is 9.05. The van der Waals surface area contributed by atoms with Crippen LogP contribution in [0, 0.1) is 0 Å². The van der Waals surface area contributed by atoms with Crippen molar-refractivity contribution >= 4 is 7.12 Å². The quantitative estimate of drug-likeness (QED) is 0.527. The molecule has 1 aliphatic heterocycles. The molecule has 0 aromatic rings. The first-order valence-electron chi connectivity index (χ1n) is 3.45. The molecule has 0 aromatic heterocycles. The van der Waals surface area contributed by atoms with Crippen LogP contribution < -0.4 is 0 Å². The van der Waals surface area contributed by atoms with Gasteiger partial charge in [-0.3, -0.25) is 0 Å². The molecule has 0 aliphatic carbocycles. The number of hydrogen-bond acceptors (Lipinski definition) is 5. The zero-order chi connectivity index (χ0) is 9.14. The Hall–Kier alpha value is -1.46. The highest BCUT2D eigenvalue weighted by Gasteiger charge is 2.19. The molecule has 0 saturated carbocycles. The van der Waals surface area contributed by atoms with Gasteiger partial charge in [0.2, 0.25) is 0 Å². The summed E-state index contributed by atoms with van der Waals surface area (Å²) < 4.78 is 9.57. The predicted octanol–water partition coefficient (Wildman–Crippen LogP) is 0.797. The van der Waals surface area contributed by atoms with Gasteiger partial charge < -0.3 is 24.4 Å². The van der Waals surface area contributed by atoms with Crippen LogP contribution in [0.5, 0.6) is 0 Å². The summed E-state index contributed by atoms with van der Waals surface area (Å²) in [4.78, 5) is 1.41. The monoisotopic (exact) mass is 171 g/mol. The highest BCUT2D eigenvalue weighted by Crippen LogP contribution is 2.07. The molecule has 0 aromatic carbocycles. The highest BCUT2D eigenvalue weighted by atomic mass is 16.7. The van der Waals surface area contributed by atoms with Crippen LogP contribution in [-0.4, -0.2) is 29.3 Å². The van der Waals surface area contributed by atoms with Crippen LogP contribution in [0.15, 0.2) is 24.3 Å². The van der Waals surface area contributed by atoms with E-state index in [1.54, 1.807) is 13.9 Å². The van der Waals surface area contributed by atoms with E-state index in [2.05, 4.69) is 0 Å². The van der Waals surface area contributed by atoms with Gasteiger partial charge >= 0.3 is 7.12 Å². The van der Waals surface area contributed by atoms with Gasteiger partial charge in [-0.25, -0.2) is 0 Å². The second-order valence-corrected chi connectivity index (χ2v) is 2.40. The molecule has 0 unspecified atom stereocenters. The summed E-state index contributed by atoms with van der Waals surface area (Å²) in [5, 5.41) is 18.1. The van der Waals surface area contributed by atoms with Crippen molar-refractivity contribution in [3.05, 3.63) is 24.3 Å². The minimum absolute atomic E-state index is 0.256. The minimum Gasteiger partial charge on any atom is -0.498 e. The molecule has 66 valence electrons. The Labute approximate surface area is 70.6 Å². The molecule has 0 atom stereocenters. The third-order valence-electron chi connectivity index (χ3n) is 1.20. The lowest BCUT2D eigenvalue weighted by Crippen LogP contribution is -2.22. The van der Waals surface area contributed by atoms with E-state index in [4.69, 9.17) is 19.5 Å². The lowest BCUT2D eigenvalue weighted by molar-refractivity contribution is 0.121. The molecular weight excluding hydrogens is 161 g/mol. The molecule has 12 heavy (non-hydrogen) atoms. The van der Waals surface area contributed by atoms with Crippen LogP contribution in [0.3, 0.4) is 0 Å². The van der Waals surface area contributed by atoms with Crippen molar-refractivity contribution < 1.29 is 19.5 Å². The van der Waals surface area contributed by atoms with Gasteiger partial charge in [0.05, 0.1) is 12.4 Å². The maximum absolute atomic E-state index is 9.05. The summed E-state index contributed by atoms with van der Waals surface area (Å²) in [5.74, 6) is -0.512. The van der Waals surface area contributed by atoms with Gasteiger partial charge in [0.25, 0.3) is 11.9 Å². The SMILES string of the molecule is CB1OC(O)=CN(C)C=C(O)O1. The van der Waals surface area contributed by atoms with E-state index in [-0.39, 0.29) is 11.9 Å². The second kappa shape index (κ2) is 3.29. The molecular formula is C6H10BNO4. The molecule has 0 spiro atoms. The van der Waals surface area contributed by atoms with Crippen molar-refractivity contribution in [1.29, 1.82) is 0 Å². The van der Waals surface area contributed by atoms with Crippen molar-refractivity contribution in [1.82, 2.24) is 4.90 Å². The molecule has 2 N–H and O–H groups in total. The van der Waals surface area contributed by atoms with Crippen molar-refractivity contribution in [2.24, 2.45) is 0 Å². The third kappa shape index (κ3) is 2.30. The second-order valence-electron chi connectivity index (χ2n) is 2.40. The normalized spacial score (nSPS) is 18.2. The number of nitrogens with zero attached hydrogens (tertiary/aromatic N) is 1. The van der Waals surface area contributed by atoms with Crippen molar-refractivity contribution in [3.8, 4) is 0 Å². The minimum atomic E-state index is -0.703. The van der Waals surface area contributed by atoms with E-state index in [0.717, 1.165) is 0 Å². The van der Waals surface area contributed by atoms with Crippen LogP contribution in [0.4, 0.5) is 0 Å². The maximum Gasteiger partial charge on any atom is 0.595 e. The number of aliphatic hydroxyl groups is 2. The Bertz CT molecular complexity index is 206. The zero-order valence-corrected chi connectivity index (χ0v) is 6.89. The summed E-state index contributed by atoms with van der Waals surface area (Å²) in [6, 6.07) is 0. The summed E-state index contributed by atoms with van der Waals surface area (Å²) in [6.45, 7) is 1.56. The van der Waals surface area contributed by atoms with Gasteiger partial charge in [-0.2, -0.15) is 0 Å². The summed E-state index contributed by atoms with van der Waals surface area (Å²) in [6.07, 6.45) is 2.63. The molecule has 0 radical (unpaired) electrons. The van der Waals surface area contributed by atoms with Gasteiger partial charge in [0.15, 0.2) is 0 Å². The zero-order valence-electron chi connectivity index (χ0n) is 6.89. The first-order chi connectivity index (χ1) is 5.58. The molecule has 5 nitrogen and oxygen atoms in total. The Morgan fingerprint density at radius 3 is 2.08 bits per heavy atom. The van der Waals surface area contributed by atoms with Gasteiger partial charge in [-0.1, -0.05) is 0 Å². The van der Waals surface area contributed by atoms with E-state index in [9.17, 15) is 0 Å². The average Bonchev–Trinajstić information content (AvgIpc) is 1.81. The van der Waals surface area contributed by atoms with Gasteiger partial charge in [-0.15, -0.1) is 0 Å². The summed E-state index contributed by atoms with van der Waals surface area (Å²) >= 11 is 0. The van der Waals surface area contributed by atoms with E-state index >= 15 is 0 Å². The lowest BCUT2D eigenvalue weighted by atomic mass is 9.96. The fraction of sp³-hybridized carbons (Fsp3) is 0.333. The molecule has 0 saturated heterocycles. The largest absolute Gasteiger partial charge is 0.595 e. The van der Waals surface area contributed by atoms with E-state index < -0.39 is 7.12 Å². The molecule has 6 heteroatoms. The fourth-order valence-corrected chi connectivity index (χ4v) is 0.811. The van der Waals surface area contributed by atoms with Gasteiger partial charge in [0.1, 0.15) is 0 Å². The van der Waals surface area contributed by atoms with Crippen LogP contribution in [0.2, 0.25) is 6.82 Å². The predicted molar refractivity (Wildman–Crippen MR) is 43.0 cm³/mol. The molecule has 1 rings (SSSR count). The summed E-state index contributed by atoms with van der Waals surface area (Å²) in [5.41, 5.74) is 0. The van der Waals surface area contributed by atoms with Gasteiger partial charge in [0, 0.05) is 7.05 Å². The van der Waals surface area contributed by atoms with Crippen LogP contribution in [0.25, 0.3) is 0 Å². The number of rotatable bonds is 0. The van der Waals surface area contributed by atoms with Crippen LogP contribution >= 0.6 is 0 Å². The first kappa shape index (κ1) is 8.64. The average molecular weight is 171 g/mol. The molecule has 0 bridgehead atoms. The highest BCUT2D eigenvalue weighted by molar-refractivity contribution is 6.43. The number of aliphatic hydroxyl groups excluding tert-OH is 2. The fourth-order valence-electron chi connectivity index (χ4n) is 0.811. The smallest absolute Gasteiger partial charge is 0.498 e. The molecule has 0 fully saturated rings. The molecule has 1 heterocycles. The molecule has 1 aliphatic rings.